The van der Waals surface area contributed by atoms with E-state index in [0.29, 0.717) is 0 Å². The van der Waals surface area contributed by atoms with Crippen LogP contribution in [0.4, 0.5) is 0 Å². The van der Waals surface area contributed by atoms with Gasteiger partial charge in [0.2, 0.25) is 0 Å². The molecular weight excluding hydrogens is 174 g/mol. The van der Waals surface area contributed by atoms with Crippen molar-refractivity contribution in [2.24, 2.45) is 0 Å². The van der Waals surface area contributed by atoms with Crippen molar-refractivity contribution in [3.63, 3.8) is 0 Å². The van der Waals surface area contributed by atoms with Gasteiger partial charge in [-0.1, -0.05) is 12.1 Å². The van der Waals surface area contributed by atoms with E-state index in [1.807, 2.05) is 19.1 Å². The summed E-state index contributed by atoms with van der Waals surface area (Å²) in [7, 11) is 0. The van der Waals surface area contributed by atoms with Crippen LogP contribution in [0.25, 0.3) is 0 Å². The standard InChI is InChI=1S/C12H17NO/c1-2-14-12-7-3-10(4-8-12)9-13-11-5-6-11/h3-4,7-8,11,13H,2,5-6,9H2,1H3. The minimum Gasteiger partial charge on any atom is -0.494 e. The first-order chi connectivity index (χ1) is 6.88. The minimum atomic E-state index is 0.736. The van der Waals surface area contributed by atoms with E-state index in [0.717, 1.165) is 24.9 Å². The van der Waals surface area contributed by atoms with Crippen LogP contribution >= 0.6 is 0 Å². The van der Waals surface area contributed by atoms with Gasteiger partial charge in [-0.05, 0) is 37.5 Å². The summed E-state index contributed by atoms with van der Waals surface area (Å²) in [5.74, 6) is 0.961. The minimum absolute atomic E-state index is 0.736. The third kappa shape index (κ3) is 2.74. The Hall–Kier alpha value is -1.02. The van der Waals surface area contributed by atoms with Gasteiger partial charge in [0.25, 0.3) is 0 Å². The maximum absolute atomic E-state index is 5.38. The number of ether oxygens (including phenoxy) is 1. The molecule has 0 unspecified atom stereocenters. The first-order valence-electron chi connectivity index (χ1n) is 5.33. The van der Waals surface area contributed by atoms with Gasteiger partial charge in [-0.25, -0.2) is 0 Å². The molecule has 2 heteroatoms. The van der Waals surface area contributed by atoms with Crippen LogP contribution in [-0.4, -0.2) is 12.6 Å². The van der Waals surface area contributed by atoms with E-state index in [1.54, 1.807) is 0 Å². The van der Waals surface area contributed by atoms with Gasteiger partial charge in [-0.15, -0.1) is 0 Å². The number of hydrogen-bond donors (Lipinski definition) is 1. The second kappa shape index (κ2) is 4.47. The number of benzene rings is 1. The third-order valence-corrected chi connectivity index (χ3v) is 2.41. The van der Waals surface area contributed by atoms with Gasteiger partial charge in [0.1, 0.15) is 5.75 Å². The average Bonchev–Trinajstić information content (AvgIpc) is 3.01. The van der Waals surface area contributed by atoms with Crippen LogP contribution in [0.2, 0.25) is 0 Å². The lowest BCUT2D eigenvalue weighted by molar-refractivity contribution is 0.340. The highest BCUT2D eigenvalue weighted by Crippen LogP contribution is 2.19. The number of hydrogen-bond acceptors (Lipinski definition) is 2. The fourth-order valence-corrected chi connectivity index (χ4v) is 1.42. The lowest BCUT2D eigenvalue weighted by Crippen LogP contribution is -2.15. The highest BCUT2D eigenvalue weighted by atomic mass is 16.5. The van der Waals surface area contributed by atoms with Crippen molar-refractivity contribution in [2.75, 3.05) is 6.61 Å². The van der Waals surface area contributed by atoms with Crippen molar-refractivity contribution in [1.29, 1.82) is 0 Å². The predicted molar refractivity (Wildman–Crippen MR) is 57.5 cm³/mol. The summed E-state index contributed by atoms with van der Waals surface area (Å²) in [4.78, 5) is 0. The molecule has 1 N–H and O–H groups in total. The van der Waals surface area contributed by atoms with Crippen LogP contribution in [0.5, 0.6) is 5.75 Å². The molecule has 2 rings (SSSR count). The van der Waals surface area contributed by atoms with Gasteiger partial charge in [0.15, 0.2) is 0 Å². The van der Waals surface area contributed by atoms with E-state index in [9.17, 15) is 0 Å². The van der Waals surface area contributed by atoms with Crippen molar-refractivity contribution in [3.05, 3.63) is 29.8 Å². The van der Waals surface area contributed by atoms with E-state index in [-0.39, 0.29) is 0 Å². The van der Waals surface area contributed by atoms with E-state index in [2.05, 4.69) is 17.4 Å². The SMILES string of the molecule is CCOc1ccc(CNC2CC2)cc1. The molecular formula is C12H17NO. The van der Waals surface area contributed by atoms with Crippen molar-refractivity contribution < 1.29 is 4.74 Å². The fourth-order valence-electron chi connectivity index (χ4n) is 1.42. The molecule has 0 amide bonds. The highest BCUT2D eigenvalue weighted by molar-refractivity contribution is 5.27. The van der Waals surface area contributed by atoms with Gasteiger partial charge in [0, 0.05) is 12.6 Å². The summed E-state index contributed by atoms with van der Waals surface area (Å²) in [6.07, 6.45) is 2.69. The van der Waals surface area contributed by atoms with Crippen LogP contribution in [0.1, 0.15) is 25.3 Å². The molecule has 1 aromatic rings. The summed E-state index contributed by atoms with van der Waals surface area (Å²) in [5.41, 5.74) is 1.33. The van der Waals surface area contributed by atoms with E-state index < -0.39 is 0 Å². The second-order valence-corrected chi connectivity index (χ2v) is 3.73. The Bertz CT molecular complexity index is 277. The summed E-state index contributed by atoms with van der Waals surface area (Å²) in [5, 5.41) is 3.48. The Morgan fingerprint density at radius 2 is 2.00 bits per heavy atom. The first kappa shape index (κ1) is 9.53. The fraction of sp³-hybridized carbons (Fsp3) is 0.500. The van der Waals surface area contributed by atoms with Crippen LogP contribution in [0.3, 0.4) is 0 Å². The van der Waals surface area contributed by atoms with E-state index >= 15 is 0 Å². The number of rotatable bonds is 5. The van der Waals surface area contributed by atoms with Crippen molar-refractivity contribution >= 4 is 0 Å². The molecule has 1 aromatic carbocycles. The van der Waals surface area contributed by atoms with Gasteiger partial charge in [0.05, 0.1) is 6.61 Å². The smallest absolute Gasteiger partial charge is 0.119 e. The van der Waals surface area contributed by atoms with Crippen LogP contribution in [-0.2, 0) is 6.54 Å². The van der Waals surface area contributed by atoms with Crippen molar-refractivity contribution in [2.45, 2.75) is 32.4 Å². The molecule has 14 heavy (non-hydrogen) atoms. The average molecular weight is 191 g/mol. The first-order valence-corrected chi connectivity index (χ1v) is 5.33. The Kier molecular flexibility index (Phi) is 3.04. The Balaban J connectivity index is 1.84. The Morgan fingerprint density at radius 1 is 1.29 bits per heavy atom. The zero-order valence-corrected chi connectivity index (χ0v) is 8.62. The molecule has 1 aliphatic rings. The molecule has 0 saturated heterocycles. The molecule has 0 heterocycles. The van der Waals surface area contributed by atoms with E-state index in [4.69, 9.17) is 4.74 Å². The molecule has 0 spiro atoms. The maximum atomic E-state index is 5.38. The molecule has 0 radical (unpaired) electrons. The molecule has 1 fully saturated rings. The van der Waals surface area contributed by atoms with Crippen LogP contribution in [0.15, 0.2) is 24.3 Å². The molecule has 1 saturated carbocycles. The molecule has 0 bridgehead atoms. The van der Waals surface area contributed by atoms with E-state index in [1.165, 1.54) is 18.4 Å². The zero-order valence-electron chi connectivity index (χ0n) is 8.62. The van der Waals surface area contributed by atoms with Crippen molar-refractivity contribution in [3.8, 4) is 5.75 Å². The second-order valence-electron chi connectivity index (χ2n) is 3.73. The molecule has 0 atom stereocenters. The van der Waals surface area contributed by atoms with Crippen molar-refractivity contribution in [1.82, 2.24) is 5.32 Å². The summed E-state index contributed by atoms with van der Waals surface area (Å²) in [6, 6.07) is 9.10. The topological polar surface area (TPSA) is 21.3 Å². The molecule has 76 valence electrons. The zero-order chi connectivity index (χ0) is 9.80. The number of nitrogens with one attached hydrogen (secondary N) is 1. The predicted octanol–water partition coefficient (Wildman–Crippen LogP) is 2.34. The lowest BCUT2D eigenvalue weighted by atomic mass is 10.2. The largest absolute Gasteiger partial charge is 0.494 e. The van der Waals surface area contributed by atoms with Gasteiger partial charge < -0.3 is 10.1 Å². The van der Waals surface area contributed by atoms with Gasteiger partial charge in [-0.3, -0.25) is 0 Å². The monoisotopic (exact) mass is 191 g/mol. The molecule has 1 aliphatic carbocycles. The van der Waals surface area contributed by atoms with Gasteiger partial charge >= 0.3 is 0 Å². The summed E-state index contributed by atoms with van der Waals surface area (Å²) >= 11 is 0. The maximum Gasteiger partial charge on any atom is 0.119 e. The third-order valence-electron chi connectivity index (χ3n) is 2.41. The summed E-state index contributed by atoms with van der Waals surface area (Å²) < 4.78 is 5.38. The highest BCUT2D eigenvalue weighted by Gasteiger charge is 2.19. The Labute approximate surface area is 85.3 Å². The molecule has 0 aromatic heterocycles. The lowest BCUT2D eigenvalue weighted by Gasteiger charge is -2.05. The van der Waals surface area contributed by atoms with Gasteiger partial charge in [-0.2, -0.15) is 0 Å². The Morgan fingerprint density at radius 3 is 2.57 bits per heavy atom. The molecule has 2 nitrogen and oxygen atoms in total. The quantitative estimate of drug-likeness (QED) is 0.771. The molecule has 0 aliphatic heterocycles. The summed E-state index contributed by atoms with van der Waals surface area (Å²) in [6.45, 7) is 3.72. The van der Waals surface area contributed by atoms with Crippen LogP contribution < -0.4 is 10.1 Å². The normalized spacial score (nSPS) is 15.5. The van der Waals surface area contributed by atoms with Crippen LogP contribution in [0, 0.1) is 0 Å².